The Labute approximate surface area is 163 Å². The van der Waals surface area contributed by atoms with Gasteiger partial charge in [0.05, 0.1) is 13.4 Å². The number of hydrogen-bond acceptors (Lipinski definition) is 6. The summed E-state index contributed by atoms with van der Waals surface area (Å²) < 4.78 is 5.19. The predicted molar refractivity (Wildman–Crippen MR) is 111 cm³/mol. The van der Waals surface area contributed by atoms with E-state index in [-0.39, 0.29) is 0 Å². The van der Waals surface area contributed by atoms with E-state index in [1.807, 2.05) is 42.5 Å². The van der Waals surface area contributed by atoms with Crippen molar-refractivity contribution in [1.82, 2.24) is 19.9 Å². The van der Waals surface area contributed by atoms with Crippen LogP contribution in [-0.2, 0) is 13.0 Å². The van der Waals surface area contributed by atoms with Crippen LogP contribution in [0.4, 0.5) is 11.8 Å². The van der Waals surface area contributed by atoms with Crippen LogP contribution >= 0.6 is 0 Å². The van der Waals surface area contributed by atoms with Crippen molar-refractivity contribution in [3.8, 4) is 5.75 Å². The van der Waals surface area contributed by atoms with Gasteiger partial charge in [-0.25, -0.2) is 4.98 Å². The van der Waals surface area contributed by atoms with Crippen LogP contribution in [0.2, 0.25) is 0 Å². The Morgan fingerprint density at radius 1 is 0.929 bits per heavy atom. The largest absolute Gasteiger partial charge is 0.497 e. The van der Waals surface area contributed by atoms with E-state index in [1.165, 1.54) is 5.56 Å². The van der Waals surface area contributed by atoms with Crippen molar-refractivity contribution in [1.29, 1.82) is 0 Å². The molecule has 0 unspecified atom stereocenters. The van der Waals surface area contributed by atoms with Crippen molar-refractivity contribution in [2.75, 3.05) is 24.3 Å². The zero-order valence-corrected chi connectivity index (χ0v) is 15.6. The lowest BCUT2D eigenvalue weighted by Gasteiger charge is -2.10. The molecule has 2 heterocycles. The minimum Gasteiger partial charge on any atom is -0.497 e. The summed E-state index contributed by atoms with van der Waals surface area (Å²) >= 11 is 0. The quantitative estimate of drug-likeness (QED) is 0.437. The van der Waals surface area contributed by atoms with Crippen LogP contribution in [0.25, 0.3) is 11.2 Å². The van der Waals surface area contributed by atoms with Crippen LogP contribution < -0.4 is 15.4 Å². The summed E-state index contributed by atoms with van der Waals surface area (Å²) in [5, 5.41) is 6.67. The molecule has 2 aromatic carbocycles. The van der Waals surface area contributed by atoms with Gasteiger partial charge in [0.1, 0.15) is 11.3 Å². The summed E-state index contributed by atoms with van der Waals surface area (Å²) in [7, 11) is 1.66. The second-order valence-corrected chi connectivity index (χ2v) is 6.36. The Bertz CT molecular complexity index is 1030. The molecule has 0 bridgehead atoms. The summed E-state index contributed by atoms with van der Waals surface area (Å²) in [4.78, 5) is 16.5. The van der Waals surface area contributed by atoms with Gasteiger partial charge in [-0.15, -0.1) is 0 Å². The van der Waals surface area contributed by atoms with Crippen LogP contribution in [0.5, 0.6) is 5.75 Å². The number of anilines is 2. The third-order valence-corrected chi connectivity index (χ3v) is 4.44. The molecule has 4 rings (SSSR count). The molecule has 4 aromatic rings. The molecule has 142 valence electrons. The second-order valence-electron chi connectivity index (χ2n) is 6.36. The highest BCUT2D eigenvalue weighted by Crippen LogP contribution is 2.19. The fourth-order valence-electron chi connectivity index (χ4n) is 2.93. The number of imidazole rings is 1. The molecular weight excluding hydrogens is 352 g/mol. The lowest BCUT2D eigenvalue weighted by Crippen LogP contribution is -2.10. The molecule has 0 spiro atoms. The fraction of sp³-hybridized carbons (Fsp3) is 0.190. The zero-order chi connectivity index (χ0) is 19.2. The van der Waals surface area contributed by atoms with Crippen molar-refractivity contribution in [2.24, 2.45) is 0 Å². The van der Waals surface area contributed by atoms with Gasteiger partial charge in [-0.2, -0.15) is 9.97 Å². The first kappa shape index (κ1) is 17.8. The third-order valence-electron chi connectivity index (χ3n) is 4.44. The molecule has 7 nitrogen and oxygen atoms in total. The third kappa shape index (κ3) is 4.20. The average molecular weight is 374 g/mol. The Kier molecular flexibility index (Phi) is 5.33. The number of fused-ring (bicyclic) bond motifs is 1. The molecule has 3 N–H and O–H groups in total. The zero-order valence-electron chi connectivity index (χ0n) is 15.6. The number of nitrogens with zero attached hydrogens (tertiary/aromatic N) is 3. The molecule has 0 aliphatic heterocycles. The number of aromatic amines is 1. The molecule has 0 saturated heterocycles. The molecule has 0 amide bonds. The molecule has 0 radical (unpaired) electrons. The Morgan fingerprint density at radius 2 is 1.75 bits per heavy atom. The van der Waals surface area contributed by atoms with Gasteiger partial charge in [-0.05, 0) is 29.7 Å². The summed E-state index contributed by atoms with van der Waals surface area (Å²) in [6.45, 7) is 1.39. The maximum absolute atomic E-state index is 5.19. The number of nitrogens with one attached hydrogen (secondary N) is 3. The molecular formula is C21H22N6O. The van der Waals surface area contributed by atoms with E-state index < -0.39 is 0 Å². The molecule has 0 atom stereocenters. The monoisotopic (exact) mass is 374 g/mol. The van der Waals surface area contributed by atoms with Crippen LogP contribution in [-0.4, -0.2) is 33.6 Å². The van der Waals surface area contributed by atoms with E-state index in [2.05, 4.69) is 42.7 Å². The van der Waals surface area contributed by atoms with Crippen LogP contribution in [0.1, 0.15) is 11.1 Å². The molecule has 7 heteroatoms. The molecule has 28 heavy (non-hydrogen) atoms. The Hall–Kier alpha value is -3.61. The van der Waals surface area contributed by atoms with Gasteiger partial charge in [-0.3, -0.25) is 0 Å². The number of rotatable bonds is 8. The maximum atomic E-state index is 5.19. The van der Waals surface area contributed by atoms with E-state index in [1.54, 1.807) is 13.4 Å². The number of hydrogen-bond donors (Lipinski definition) is 3. The van der Waals surface area contributed by atoms with E-state index in [4.69, 9.17) is 4.74 Å². The van der Waals surface area contributed by atoms with Crippen molar-refractivity contribution >= 4 is 22.9 Å². The van der Waals surface area contributed by atoms with Gasteiger partial charge < -0.3 is 20.4 Å². The number of aromatic nitrogens is 4. The van der Waals surface area contributed by atoms with Gasteiger partial charge in [-0.1, -0.05) is 42.5 Å². The first-order chi connectivity index (χ1) is 13.8. The van der Waals surface area contributed by atoms with Gasteiger partial charge in [0, 0.05) is 13.1 Å². The summed E-state index contributed by atoms with van der Waals surface area (Å²) in [6.07, 6.45) is 2.55. The number of ether oxygens (including phenoxy) is 1. The highest BCUT2D eigenvalue weighted by atomic mass is 16.5. The van der Waals surface area contributed by atoms with Gasteiger partial charge in [0.25, 0.3) is 0 Å². The Morgan fingerprint density at radius 3 is 2.54 bits per heavy atom. The van der Waals surface area contributed by atoms with E-state index in [9.17, 15) is 0 Å². The predicted octanol–water partition coefficient (Wildman–Crippen LogP) is 3.63. The molecule has 0 saturated carbocycles. The smallest absolute Gasteiger partial charge is 0.227 e. The summed E-state index contributed by atoms with van der Waals surface area (Å²) in [5.74, 6) is 2.12. The van der Waals surface area contributed by atoms with E-state index >= 15 is 0 Å². The lowest BCUT2D eigenvalue weighted by atomic mass is 10.1. The van der Waals surface area contributed by atoms with Gasteiger partial charge in [0.2, 0.25) is 5.95 Å². The van der Waals surface area contributed by atoms with Crippen molar-refractivity contribution in [3.05, 3.63) is 72.1 Å². The minimum atomic E-state index is 0.539. The SMILES string of the molecule is COc1ccc(CNc2nc(NCCc3ccccc3)c3[nH]cnc3n2)cc1. The summed E-state index contributed by atoms with van der Waals surface area (Å²) in [6, 6.07) is 18.3. The minimum absolute atomic E-state index is 0.539. The normalized spacial score (nSPS) is 10.8. The average Bonchev–Trinajstić information content (AvgIpc) is 3.22. The first-order valence-electron chi connectivity index (χ1n) is 9.17. The standard InChI is InChI=1S/C21H22N6O/c1-28-17-9-7-16(8-10-17)13-23-21-26-19(18-20(27-21)25-14-24-18)22-12-11-15-5-3-2-4-6-15/h2-10,14H,11-13H2,1H3,(H3,22,23,24,25,26,27). The van der Waals surface area contributed by atoms with Gasteiger partial charge >= 0.3 is 0 Å². The van der Waals surface area contributed by atoms with E-state index in [0.717, 1.165) is 35.6 Å². The van der Waals surface area contributed by atoms with E-state index in [0.29, 0.717) is 18.1 Å². The van der Waals surface area contributed by atoms with Crippen molar-refractivity contribution in [2.45, 2.75) is 13.0 Å². The second kappa shape index (κ2) is 8.39. The lowest BCUT2D eigenvalue weighted by molar-refractivity contribution is 0.414. The molecule has 0 fully saturated rings. The number of methoxy groups -OCH3 is 1. The van der Waals surface area contributed by atoms with Gasteiger partial charge in [0.15, 0.2) is 11.5 Å². The first-order valence-corrected chi connectivity index (χ1v) is 9.17. The van der Waals surface area contributed by atoms with Crippen molar-refractivity contribution in [3.63, 3.8) is 0 Å². The van der Waals surface area contributed by atoms with Crippen LogP contribution in [0.3, 0.4) is 0 Å². The molecule has 0 aliphatic carbocycles. The van der Waals surface area contributed by atoms with Crippen LogP contribution in [0, 0.1) is 0 Å². The number of H-pyrrole nitrogens is 1. The molecule has 0 aliphatic rings. The van der Waals surface area contributed by atoms with Crippen LogP contribution in [0.15, 0.2) is 60.9 Å². The fourth-order valence-corrected chi connectivity index (χ4v) is 2.93. The molecule has 2 aromatic heterocycles. The number of benzene rings is 2. The topological polar surface area (TPSA) is 87.8 Å². The highest BCUT2D eigenvalue weighted by molar-refractivity contribution is 5.83. The Balaban J connectivity index is 1.45. The highest BCUT2D eigenvalue weighted by Gasteiger charge is 2.10. The van der Waals surface area contributed by atoms with Crippen molar-refractivity contribution < 1.29 is 4.74 Å². The summed E-state index contributed by atoms with van der Waals surface area (Å²) in [5.41, 5.74) is 3.84. The maximum Gasteiger partial charge on any atom is 0.227 e.